The zero-order chi connectivity index (χ0) is 9.31. The Morgan fingerprint density at radius 1 is 1.46 bits per heavy atom. The summed E-state index contributed by atoms with van der Waals surface area (Å²) in [6, 6.07) is 0.542. The smallest absolute Gasteiger partial charge is 0.220 e. The zero-order valence-corrected chi connectivity index (χ0v) is 8.23. The van der Waals surface area contributed by atoms with Gasteiger partial charge in [-0.25, -0.2) is 0 Å². The summed E-state index contributed by atoms with van der Waals surface area (Å²) in [6.07, 6.45) is 4.52. The van der Waals surface area contributed by atoms with Crippen LogP contribution in [0.3, 0.4) is 0 Å². The normalized spacial score (nSPS) is 40.4. The lowest BCUT2D eigenvalue weighted by molar-refractivity contribution is -0.119. The molecule has 3 nitrogen and oxygen atoms in total. The van der Waals surface area contributed by atoms with E-state index < -0.39 is 0 Å². The summed E-state index contributed by atoms with van der Waals surface area (Å²) in [5.41, 5.74) is 0.164. The highest BCUT2D eigenvalue weighted by Gasteiger charge is 2.40. The molecule has 2 heterocycles. The van der Waals surface area contributed by atoms with Crippen LogP contribution in [0.25, 0.3) is 0 Å². The molecule has 2 saturated heterocycles. The van der Waals surface area contributed by atoms with Gasteiger partial charge >= 0.3 is 0 Å². The number of hydrogen-bond acceptors (Lipinski definition) is 2. The molecule has 0 bridgehead atoms. The first-order valence-electron chi connectivity index (χ1n) is 5.21. The average Bonchev–Trinajstić information content (AvgIpc) is 2.49. The summed E-state index contributed by atoms with van der Waals surface area (Å²) in [4.78, 5) is 11.2. The second-order valence-electron chi connectivity index (χ2n) is 4.61. The van der Waals surface area contributed by atoms with Crippen molar-refractivity contribution < 1.29 is 4.79 Å². The largest absolute Gasteiger partial charge is 0.355 e. The summed E-state index contributed by atoms with van der Waals surface area (Å²) in [5, 5.41) is 6.46. The third-order valence-electron chi connectivity index (χ3n) is 3.41. The van der Waals surface area contributed by atoms with Crippen molar-refractivity contribution in [2.45, 2.75) is 38.6 Å². The van der Waals surface area contributed by atoms with Gasteiger partial charge < -0.3 is 10.6 Å². The average molecular weight is 182 g/mol. The van der Waals surface area contributed by atoms with Crippen LogP contribution in [-0.4, -0.2) is 25.0 Å². The lowest BCUT2D eigenvalue weighted by atomic mass is 9.77. The van der Waals surface area contributed by atoms with E-state index in [0.717, 1.165) is 13.1 Å². The van der Waals surface area contributed by atoms with Gasteiger partial charge in [0.05, 0.1) is 0 Å². The first-order valence-corrected chi connectivity index (χ1v) is 5.21. The van der Waals surface area contributed by atoms with E-state index in [1.165, 1.54) is 19.3 Å². The molecule has 0 aromatic rings. The molecule has 3 heteroatoms. The molecule has 0 saturated carbocycles. The van der Waals surface area contributed by atoms with Crippen LogP contribution in [-0.2, 0) is 4.79 Å². The maximum atomic E-state index is 11.2. The van der Waals surface area contributed by atoms with Crippen LogP contribution < -0.4 is 10.6 Å². The Balaban J connectivity index is 2.01. The fraction of sp³-hybridized carbons (Fsp3) is 0.900. The van der Waals surface area contributed by atoms with Crippen LogP contribution in [0, 0.1) is 5.41 Å². The lowest BCUT2D eigenvalue weighted by Gasteiger charge is -2.36. The SMILES string of the molecule is C[C@]1([C@@H]2CCCCN2)CNC(=O)C1. The van der Waals surface area contributed by atoms with Gasteiger partial charge in [-0.05, 0) is 19.4 Å². The van der Waals surface area contributed by atoms with Crippen LogP contribution in [0.4, 0.5) is 0 Å². The van der Waals surface area contributed by atoms with Gasteiger partial charge in [0, 0.05) is 24.4 Å². The zero-order valence-electron chi connectivity index (χ0n) is 8.23. The molecule has 0 aromatic heterocycles. The van der Waals surface area contributed by atoms with Gasteiger partial charge in [0.2, 0.25) is 5.91 Å². The topological polar surface area (TPSA) is 41.1 Å². The maximum absolute atomic E-state index is 11.2. The molecule has 0 aromatic carbocycles. The van der Waals surface area contributed by atoms with Crippen LogP contribution in [0.15, 0.2) is 0 Å². The van der Waals surface area contributed by atoms with Gasteiger partial charge in [0.15, 0.2) is 0 Å². The fourth-order valence-corrected chi connectivity index (χ4v) is 2.49. The van der Waals surface area contributed by atoms with Gasteiger partial charge in [0.25, 0.3) is 0 Å². The van der Waals surface area contributed by atoms with Gasteiger partial charge in [-0.1, -0.05) is 13.3 Å². The monoisotopic (exact) mass is 182 g/mol. The first kappa shape index (κ1) is 9.00. The summed E-state index contributed by atoms with van der Waals surface area (Å²) in [7, 11) is 0. The van der Waals surface area contributed by atoms with E-state index in [0.29, 0.717) is 12.5 Å². The van der Waals surface area contributed by atoms with Gasteiger partial charge in [0.1, 0.15) is 0 Å². The van der Waals surface area contributed by atoms with Crippen molar-refractivity contribution in [2.75, 3.05) is 13.1 Å². The number of rotatable bonds is 1. The molecule has 0 aliphatic carbocycles. The summed E-state index contributed by atoms with van der Waals surface area (Å²) < 4.78 is 0. The summed E-state index contributed by atoms with van der Waals surface area (Å²) >= 11 is 0. The van der Waals surface area contributed by atoms with E-state index >= 15 is 0 Å². The van der Waals surface area contributed by atoms with Crippen LogP contribution in [0.2, 0.25) is 0 Å². The predicted molar refractivity (Wildman–Crippen MR) is 51.4 cm³/mol. The second-order valence-corrected chi connectivity index (χ2v) is 4.61. The number of carbonyl (C=O) groups is 1. The Hall–Kier alpha value is -0.570. The molecule has 0 unspecified atom stereocenters. The highest BCUT2D eigenvalue weighted by atomic mass is 16.1. The van der Waals surface area contributed by atoms with Crippen LogP contribution >= 0.6 is 0 Å². The molecule has 2 atom stereocenters. The van der Waals surface area contributed by atoms with Crippen molar-refractivity contribution in [1.29, 1.82) is 0 Å². The fourth-order valence-electron chi connectivity index (χ4n) is 2.49. The Morgan fingerprint density at radius 3 is 2.85 bits per heavy atom. The molecule has 74 valence electrons. The van der Waals surface area contributed by atoms with Crippen molar-refractivity contribution in [2.24, 2.45) is 5.41 Å². The Bertz CT molecular complexity index is 211. The Morgan fingerprint density at radius 2 is 2.31 bits per heavy atom. The first-order chi connectivity index (χ1) is 6.21. The molecule has 2 N–H and O–H groups in total. The van der Waals surface area contributed by atoms with Gasteiger partial charge in [-0.15, -0.1) is 0 Å². The third-order valence-corrected chi connectivity index (χ3v) is 3.41. The van der Waals surface area contributed by atoms with Crippen molar-refractivity contribution >= 4 is 5.91 Å². The quantitative estimate of drug-likeness (QED) is 0.625. The van der Waals surface area contributed by atoms with E-state index in [4.69, 9.17) is 0 Å². The lowest BCUT2D eigenvalue weighted by Crippen LogP contribution is -2.47. The number of nitrogens with one attached hydrogen (secondary N) is 2. The van der Waals surface area contributed by atoms with Gasteiger partial charge in [-0.3, -0.25) is 4.79 Å². The predicted octanol–water partition coefficient (Wildman–Crippen LogP) is 0.655. The van der Waals surface area contributed by atoms with E-state index in [-0.39, 0.29) is 11.3 Å². The second kappa shape index (κ2) is 3.29. The summed E-state index contributed by atoms with van der Waals surface area (Å²) in [5.74, 6) is 0.217. The number of carbonyl (C=O) groups excluding carboxylic acids is 1. The standard InChI is InChI=1S/C10H18N2O/c1-10(6-9(13)12-7-10)8-4-2-3-5-11-8/h8,11H,2-7H2,1H3,(H,12,13)/t8-,10+/m0/s1. The molecule has 2 fully saturated rings. The number of hydrogen-bond donors (Lipinski definition) is 2. The number of piperidine rings is 1. The van der Waals surface area contributed by atoms with Crippen molar-refractivity contribution in [1.82, 2.24) is 10.6 Å². The molecule has 2 rings (SSSR count). The minimum absolute atomic E-state index is 0.164. The third kappa shape index (κ3) is 1.70. The van der Waals surface area contributed by atoms with E-state index in [1.54, 1.807) is 0 Å². The molecule has 2 aliphatic heterocycles. The van der Waals surface area contributed by atoms with Crippen molar-refractivity contribution in [3.63, 3.8) is 0 Å². The van der Waals surface area contributed by atoms with E-state index in [1.807, 2.05) is 0 Å². The molecule has 13 heavy (non-hydrogen) atoms. The molecular weight excluding hydrogens is 164 g/mol. The highest BCUT2D eigenvalue weighted by molar-refractivity contribution is 5.79. The van der Waals surface area contributed by atoms with E-state index in [9.17, 15) is 4.79 Å². The minimum atomic E-state index is 0.164. The molecule has 1 amide bonds. The Kier molecular flexibility index (Phi) is 2.28. The van der Waals surface area contributed by atoms with E-state index in [2.05, 4.69) is 17.6 Å². The Labute approximate surface area is 79.3 Å². The molecule has 2 aliphatic rings. The molecule has 0 radical (unpaired) electrons. The minimum Gasteiger partial charge on any atom is -0.355 e. The van der Waals surface area contributed by atoms with Crippen LogP contribution in [0.5, 0.6) is 0 Å². The summed E-state index contributed by atoms with van der Waals surface area (Å²) in [6.45, 7) is 4.19. The van der Waals surface area contributed by atoms with Crippen molar-refractivity contribution in [3.05, 3.63) is 0 Å². The van der Waals surface area contributed by atoms with Crippen molar-refractivity contribution in [3.8, 4) is 0 Å². The van der Waals surface area contributed by atoms with Gasteiger partial charge in [-0.2, -0.15) is 0 Å². The maximum Gasteiger partial charge on any atom is 0.220 e. The number of amides is 1. The molecular formula is C10H18N2O. The van der Waals surface area contributed by atoms with Crippen LogP contribution in [0.1, 0.15) is 32.6 Å². The molecule has 0 spiro atoms. The highest BCUT2D eigenvalue weighted by Crippen LogP contribution is 2.33.